The van der Waals surface area contributed by atoms with Crippen molar-refractivity contribution >= 4 is 17.3 Å². The van der Waals surface area contributed by atoms with Crippen molar-refractivity contribution in [3.8, 4) is 0 Å². The van der Waals surface area contributed by atoms with Crippen LogP contribution in [0.5, 0.6) is 0 Å². The topological polar surface area (TPSA) is 95.5 Å². The number of anilines is 1. The molecule has 0 atom stereocenters. The first-order valence-electron chi connectivity index (χ1n) is 5.08. The van der Waals surface area contributed by atoms with Crippen molar-refractivity contribution in [1.29, 1.82) is 0 Å². The third kappa shape index (κ3) is 3.16. The van der Waals surface area contributed by atoms with Crippen LogP contribution in [0.25, 0.3) is 0 Å². The number of benzene rings is 1. The van der Waals surface area contributed by atoms with Crippen LogP contribution in [0.2, 0.25) is 0 Å². The van der Waals surface area contributed by atoms with E-state index in [0.29, 0.717) is 0 Å². The molecular weight excluding hydrogens is 243 g/mol. The molecule has 1 aromatic carbocycles. The quantitative estimate of drug-likeness (QED) is 0.379. The molecule has 0 aliphatic carbocycles. The summed E-state index contributed by atoms with van der Waals surface area (Å²) < 4.78 is 18.2. The Morgan fingerprint density at radius 2 is 2.00 bits per heavy atom. The van der Waals surface area contributed by atoms with Gasteiger partial charge in [-0.05, 0) is 20.8 Å². The largest absolute Gasteiger partial charge is 0.456 e. The van der Waals surface area contributed by atoms with E-state index in [1.807, 2.05) is 0 Å². The van der Waals surface area contributed by atoms with Crippen LogP contribution >= 0.6 is 0 Å². The molecular formula is C11H13FN2O4. The van der Waals surface area contributed by atoms with Crippen LogP contribution in [0.4, 0.5) is 15.8 Å². The van der Waals surface area contributed by atoms with Gasteiger partial charge < -0.3 is 10.5 Å². The van der Waals surface area contributed by atoms with E-state index >= 15 is 0 Å². The number of rotatable bonds is 2. The number of ether oxygens (including phenoxy) is 1. The first-order valence-corrected chi connectivity index (χ1v) is 5.08. The number of esters is 1. The summed E-state index contributed by atoms with van der Waals surface area (Å²) in [7, 11) is 0. The zero-order valence-electron chi connectivity index (χ0n) is 10.2. The molecule has 2 N–H and O–H groups in total. The van der Waals surface area contributed by atoms with Gasteiger partial charge in [0.05, 0.1) is 10.5 Å². The predicted octanol–water partition coefficient (Wildman–Crippen LogP) is 2.27. The smallest absolute Gasteiger partial charge is 0.341 e. The van der Waals surface area contributed by atoms with Crippen molar-refractivity contribution in [1.82, 2.24) is 0 Å². The molecule has 1 rings (SSSR count). The number of nitro benzene ring substituents is 1. The Morgan fingerprint density at radius 1 is 1.44 bits per heavy atom. The Morgan fingerprint density at radius 3 is 2.44 bits per heavy atom. The van der Waals surface area contributed by atoms with Crippen LogP contribution in [0.15, 0.2) is 12.1 Å². The van der Waals surface area contributed by atoms with Gasteiger partial charge >= 0.3 is 11.7 Å². The molecule has 0 heterocycles. The van der Waals surface area contributed by atoms with Crippen LogP contribution in [-0.2, 0) is 4.74 Å². The molecule has 0 aromatic heterocycles. The summed E-state index contributed by atoms with van der Waals surface area (Å²) in [5.74, 6) is -1.92. The molecule has 1 aromatic rings. The number of nitrogens with zero attached hydrogens (tertiary/aromatic N) is 1. The molecule has 0 saturated heterocycles. The number of nitro groups is 1. The van der Waals surface area contributed by atoms with E-state index < -0.39 is 28.0 Å². The van der Waals surface area contributed by atoms with E-state index in [4.69, 9.17) is 10.5 Å². The lowest BCUT2D eigenvalue weighted by molar-refractivity contribution is -0.387. The van der Waals surface area contributed by atoms with Crippen molar-refractivity contribution < 1.29 is 18.8 Å². The fourth-order valence-electron chi connectivity index (χ4n) is 1.23. The Balaban J connectivity index is 3.21. The van der Waals surface area contributed by atoms with Gasteiger partial charge in [0.25, 0.3) is 0 Å². The minimum Gasteiger partial charge on any atom is -0.456 e. The lowest BCUT2D eigenvalue weighted by Gasteiger charge is -2.19. The molecule has 0 aliphatic heterocycles. The maximum atomic E-state index is 13.2. The van der Waals surface area contributed by atoms with Gasteiger partial charge in [0.2, 0.25) is 5.82 Å². The van der Waals surface area contributed by atoms with Crippen molar-refractivity contribution in [2.24, 2.45) is 0 Å². The van der Waals surface area contributed by atoms with Gasteiger partial charge in [-0.25, -0.2) is 4.79 Å². The monoisotopic (exact) mass is 256 g/mol. The normalized spacial score (nSPS) is 11.1. The van der Waals surface area contributed by atoms with Gasteiger partial charge in [-0.15, -0.1) is 0 Å². The third-order valence-corrected chi connectivity index (χ3v) is 1.93. The summed E-state index contributed by atoms with van der Waals surface area (Å²) in [6.07, 6.45) is 0. The van der Waals surface area contributed by atoms with E-state index in [1.54, 1.807) is 20.8 Å². The fraction of sp³-hybridized carbons (Fsp3) is 0.364. The van der Waals surface area contributed by atoms with Crippen LogP contribution in [-0.4, -0.2) is 16.5 Å². The number of nitrogen functional groups attached to an aromatic ring is 1. The molecule has 7 heteroatoms. The second-order valence-corrected chi connectivity index (χ2v) is 4.65. The second-order valence-electron chi connectivity index (χ2n) is 4.65. The SMILES string of the molecule is CC(C)(C)OC(=O)c1cc([N+](=O)[O-])c(F)cc1N. The van der Waals surface area contributed by atoms with Crippen molar-refractivity contribution in [2.75, 3.05) is 5.73 Å². The van der Waals surface area contributed by atoms with Crippen LogP contribution < -0.4 is 5.73 Å². The first kappa shape index (κ1) is 13.9. The summed E-state index contributed by atoms with van der Waals surface area (Å²) in [5, 5.41) is 10.6. The molecule has 0 aliphatic rings. The lowest BCUT2D eigenvalue weighted by atomic mass is 10.1. The highest BCUT2D eigenvalue weighted by Crippen LogP contribution is 2.25. The molecule has 0 amide bonds. The van der Waals surface area contributed by atoms with E-state index in [1.165, 1.54) is 0 Å². The van der Waals surface area contributed by atoms with Crippen molar-refractivity contribution in [3.63, 3.8) is 0 Å². The molecule has 0 unspecified atom stereocenters. The van der Waals surface area contributed by atoms with Gasteiger partial charge in [0, 0.05) is 17.8 Å². The molecule has 98 valence electrons. The molecule has 0 saturated carbocycles. The maximum Gasteiger partial charge on any atom is 0.341 e. The van der Waals surface area contributed by atoms with E-state index in [0.717, 1.165) is 12.1 Å². The molecule has 6 nitrogen and oxygen atoms in total. The number of carbonyl (C=O) groups is 1. The number of nitrogens with two attached hydrogens (primary N) is 1. The highest BCUT2D eigenvalue weighted by molar-refractivity contribution is 5.96. The van der Waals surface area contributed by atoms with Gasteiger partial charge in [-0.1, -0.05) is 0 Å². The van der Waals surface area contributed by atoms with Crippen LogP contribution in [0.1, 0.15) is 31.1 Å². The van der Waals surface area contributed by atoms with E-state index in [9.17, 15) is 19.3 Å². The Hall–Kier alpha value is -2.18. The Bertz CT molecular complexity index is 509. The maximum absolute atomic E-state index is 13.2. The molecule has 0 bridgehead atoms. The first-order chi connectivity index (χ1) is 8.11. The number of carbonyl (C=O) groups excluding carboxylic acids is 1. The molecule has 0 fully saturated rings. The van der Waals surface area contributed by atoms with Gasteiger partial charge in [0.15, 0.2) is 0 Å². The second kappa shape index (κ2) is 4.59. The summed E-state index contributed by atoms with van der Waals surface area (Å²) in [6.45, 7) is 4.91. The minimum absolute atomic E-state index is 0.202. The minimum atomic E-state index is -1.09. The molecule has 0 spiro atoms. The van der Waals surface area contributed by atoms with Crippen LogP contribution in [0, 0.1) is 15.9 Å². The third-order valence-electron chi connectivity index (χ3n) is 1.93. The van der Waals surface area contributed by atoms with Crippen molar-refractivity contribution in [3.05, 3.63) is 33.6 Å². The highest BCUT2D eigenvalue weighted by Gasteiger charge is 2.24. The van der Waals surface area contributed by atoms with E-state index in [-0.39, 0.29) is 11.3 Å². The zero-order valence-corrected chi connectivity index (χ0v) is 10.2. The van der Waals surface area contributed by atoms with Gasteiger partial charge in [-0.3, -0.25) is 10.1 Å². The van der Waals surface area contributed by atoms with Gasteiger partial charge in [-0.2, -0.15) is 4.39 Å². The number of hydrogen-bond donors (Lipinski definition) is 1. The van der Waals surface area contributed by atoms with E-state index in [2.05, 4.69) is 0 Å². The average molecular weight is 256 g/mol. The fourth-order valence-corrected chi connectivity index (χ4v) is 1.23. The number of hydrogen-bond acceptors (Lipinski definition) is 5. The van der Waals surface area contributed by atoms with Gasteiger partial charge in [0.1, 0.15) is 5.60 Å². The Labute approximate surface area is 103 Å². The van der Waals surface area contributed by atoms with Crippen molar-refractivity contribution in [2.45, 2.75) is 26.4 Å². The summed E-state index contributed by atoms with van der Waals surface area (Å²) in [4.78, 5) is 21.4. The summed E-state index contributed by atoms with van der Waals surface area (Å²) in [5.41, 5.74) is 3.44. The molecule has 18 heavy (non-hydrogen) atoms. The zero-order chi connectivity index (χ0) is 14.1. The summed E-state index contributed by atoms with van der Waals surface area (Å²) in [6, 6.07) is 1.51. The highest BCUT2D eigenvalue weighted by atomic mass is 19.1. The predicted molar refractivity (Wildman–Crippen MR) is 62.6 cm³/mol. The Kier molecular flexibility index (Phi) is 3.54. The number of halogens is 1. The lowest BCUT2D eigenvalue weighted by Crippen LogP contribution is -2.24. The van der Waals surface area contributed by atoms with Crippen LogP contribution in [0.3, 0.4) is 0 Å². The summed E-state index contributed by atoms with van der Waals surface area (Å²) >= 11 is 0. The standard InChI is InChI=1S/C11H13FN2O4/c1-11(2,3)18-10(15)6-4-9(14(16)17)7(12)5-8(6)13/h4-5H,13H2,1-3H3. The molecule has 0 radical (unpaired) electrons. The average Bonchev–Trinajstić information content (AvgIpc) is 2.13.